The number of nitrogens with zero attached hydrogens (tertiary/aromatic N) is 5. The Morgan fingerprint density at radius 1 is 1.33 bits per heavy atom. The van der Waals surface area contributed by atoms with Crippen molar-refractivity contribution in [1.82, 2.24) is 28.7 Å². The van der Waals surface area contributed by atoms with Gasteiger partial charge in [0, 0.05) is 13.6 Å². The molecule has 3 heterocycles. The number of aryl methyl sites for hydroxylation is 2. The van der Waals surface area contributed by atoms with Gasteiger partial charge in [0.15, 0.2) is 11.3 Å². The van der Waals surface area contributed by atoms with Crippen molar-refractivity contribution in [1.29, 1.82) is 0 Å². The number of aromatic amines is 1. The van der Waals surface area contributed by atoms with Crippen molar-refractivity contribution in [3.05, 3.63) is 27.3 Å². The average molecular weight is 248 g/mol. The predicted octanol–water partition coefficient (Wildman–Crippen LogP) is -0.519. The Labute approximate surface area is 100 Å². The second-order valence-corrected chi connectivity index (χ2v) is 4.15. The second kappa shape index (κ2) is 3.56. The van der Waals surface area contributed by atoms with Crippen LogP contribution in [-0.4, -0.2) is 28.7 Å². The van der Waals surface area contributed by atoms with Crippen molar-refractivity contribution < 1.29 is 0 Å². The summed E-state index contributed by atoms with van der Waals surface area (Å²) in [6.45, 7) is 2.48. The lowest BCUT2D eigenvalue weighted by molar-refractivity contribution is 0.644. The zero-order chi connectivity index (χ0) is 12.9. The second-order valence-electron chi connectivity index (χ2n) is 4.15. The van der Waals surface area contributed by atoms with Crippen LogP contribution in [-0.2, 0) is 13.6 Å². The molecule has 3 aromatic rings. The summed E-state index contributed by atoms with van der Waals surface area (Å²) in [4.78, 5) is 28.1. The van der Waals surface area contributed by atoms with Gasteiger partial charge in [0.25, 0.3) is 0 Å². The molecule has 0 aliphatic rings. The van der Waals surface area contributed by atoms with E-state index in [-0.39, 0.29) is 0 Å². The van der Waals surface area contributed by atoms with E-state index in [1.54, 1.807) is 17.9 Å². The first-order valence-electron chi connectivity index (χ1n) is 5.66. The molecule has 0 atom stereocenters. The van der Waals surface area contributed by atoms with Gasteiger partial charge in [-0.3, -0.25) is 4.57 Å². The van der Waals surface area contributed by atoms with Crippen molar-refractivity contribution in [2.45, 2.75) is 19.9 Å². The van der Waals surface area contributed by atoms with Crippen molar-refractivity contribution >= 4 is 16.8 Å². The zero-order valence-corrected chi connectivity index (χ0v) is 10.0. The van der Waals surface area contributed by atoms with Crippen LogP contribution in [0.15, 0.2) is 15.9 Å². The Morgan fingerprint density at radius 2 is 2.11 bits per heavy atom. The van der Waals surface area contributed by atoms with Gasteiger partial charge in [0.1, 0.15) is 5.52 Å². The summed E-state index contributed by atoms with van der Waals surface area (Å²) in [6, 6.07) is 0. The molecule has 0 saturated carbocycles. The van der Waals surface area contributed by atoms with E-state index in [0.29, 0.717) is 23.4 Å². The fourth-order valence-corrected chi connectivity index (χ4v) is 2.14. The van der Waals surface area contributed by atoms with E-state index in [0.717, 1.165) is 10.8 Å². The fraction of sp³-hybridized carbons (Fsp3) is 0.400. The van der Waals surface area contributed by atoms with Crippen molar-refractivity contribution in [3.8, 4) is 0 Å². The topological polar surface area (TPSA) is 90.0 Å². The highest BCUT2D eigenvalue weighted by Gasteiger charge is 2.17. The number of hydrogen-bond donors (Lipinski definition) is 1. The molecule has 0 spiro atoms. The Kier molecular flexibility index (Phi) is 2.12. The van der Waals surface area contributed by atoms with E-state index in [9.17, 15) is 9.59 Å². The van der Waals surface area contributed by atoms with Crippen LogP contribution < -0.4 is 11.4 Å². The molecule has 0 aliphatic carbocycles. The quantitative estimate of drug-likeness (QED) is 0.660. The minimum Gasteiger partial charge on any atom is -0.329 e. The van der Waals surface area contributed by atoms with E-state index >= 15 is 0 Å². The summed E-state index contributed by atoms with van der Waals surface area (Å²) in [5.41, 5.74) is 0.601. The first-order valence-corrected chi connectivity index (χ1v) is 5.66. The highest BCUT2D eigenvalue weighted by molar-refractivity contribution is 5.85. The predicted molar refractivity (Wildman–Crippen MR) is 64.6 cm³/mol. The summed E-state index contributed by atoms with van der Waals surface area (Å²) in [5, 5.41) is 6.19. The van der Waals surface area contributed by atoms with Gasteiger partial charge in [0.2, 0.25) is 0 Å². The molecule has 0 radical (unpaired) electrons. The average Bonchev–Trinajstić information content (AvgIpc) is 2.89. The maximum Gasteiger partial charge on any atom is 0.352 e. The number of hydrogen-bond acceptors (Lipinski definition) is 4. The summed E-state index contributed by atoms with van der Waals surface area (Å²) >= 11 is 0. The largest absolute Gasteiger partial charge is 0.352 e. The third-order valence-corrected chi connectivity index (χ3v) is 2.93. The molecule has 0 aliphatic heterocycles. The van der Waals surface area contributed by atoms with E-state index in [4.69, 9.17) is 0 Å². The molecule has 3 rings (SSSR count). The molecule has 0 saturated heterocycles. The number of nitrogens with one attached hydrogen (secondary N) is 1. The molecular formula is C10H12N6O2. The number of H-pyrrole nitrogens is 1. The van der Waals surface area contributed by atoms with Crippen LogP contribution in [0.1, 0.15) is 13.3 Å². The van der Waals surface area contributed by atoms with E-state index in [1.165, 1.54) is 4.57 Å². The van der Waals surface area contributed by atoms with E-state index in [1.807, 2.05) is 6.92 Å². The summed E-state index contributed by atoms with van der Waals surface area (Å²) in [7, 11) is 1.80. The molecule has 0 amide bonds. The first kappa shape index (κ1) is 10.8. The smallest absolute Gasteiger partial charge is 0.329 e. The van der Waals surface area contributed by atoms with E-state index < -0.39 is 11.4 Å². The fourth-order valence-electron chi connectivity index (χ4n) is 2.14. The molecule has 0 aromatic carbocycles. The number of fused-ring (bicyclic) bond motifs is 3. The summed E-state index contributed by atoms with van der Waals surface area (Å²) < 4.78 is 4.29. The Hall–Kier alpha value is -2.38. The van der Waals surface area contributed by atoms with Gasteiger partial charge < -0.3 is 4.57 Å². The molecular weight excluding hydrogens is 236 g/mol. The SMILES string of the molecule is CCCn1c(=O)n2c(=O)[nH]nc2c2c1ncn2C. The van der Waals surface area contributed by atoms with Gasteiger partial charge in [-0.05, 0) is 6.42 Å². The Bertz CT molecular complexity index is 849. The van der Waals surface area contributed by atoms with Crippen molar-refractivity contribution in [2.24, 2.45) is 7.05 Å². The third-order valence-electron chi connectivity index (χ3n) is 2.93. The minimum absolute atomic E-state index is 0.312. The van der Waals surface area contributed by atoms with Crippen molar-refractivity contribution in [3.63, 3.8) is 0 Å². The molecule has 0 bridgehead atoms. The lowest BCUT2D eigenvalue weighted by Crippen LogP contribution is -2.33. The Morgan fingerprint density at radius 3 is 2.83 bits per heavy atom. The standard InChI is InChI=1S/C10H12N6O2/c1-3-4-15-7-6(14(2)5-11-7)8-12-13-9(17)16(8)10(15)18/h5H,3-4H2,1-2H3,(H,13,17). The van der Waals surface area contributed by atoms with Gasteiger partial charge in [0.05, 0.1) is 6.33 Å². The van der Waals surface area contributed by atoms with Crippen LogP contribution in [0.25, 0.3) is 16.8 Å². The third kappa shape index (κ3) is 1.19. The van der Waals surface area contributed by atoms with Gasteiger partial charge in [-0.15, -0.1) is 0 Å². The maximum absolute atomic E-state index is 12.2. The zero-order valence-electron chi connectivity index (χ0n) is 10.0. The normalized spacial score (nSPS) is 11.7. The molecule has 1 N–H and O–H groups in total. The van der Waals surface area contributed by atoms with Crippen LogP contribution in [0.2, 0.25) is 0 Å². The lowest BCUT2D eigenvalue weighted by Gasteiger charge is -2.05. The summed E-state index contributed by atoms with van der Waals surface area (Å²) in [5.74, 6) is 0. The van der Waals surface area contributed by atoms with Crippen molar-refractivity contribution in [2.75, 3.05) is 0 Å². The van der Waals surface area contributed by atoms with Crippen LogP contribution in [0, 0.1) is 0 Å². The van der Waals surface area contributed by atoms with Gasteiger partial charge in [-0.2, -0.15) is 9.50 Å². The molecule has 8 nitrogen and oxygen atoms in total. The molecule has 3 aromatic heterocycles. The lowest BCUT2D eigenvalue weighted by atomic mass is 10.4. The number of imidazole rings is 1. The molecule has 8 heteroatoms. The Balaban J connectivity index is 2.65. The highest BCUT2D eigenvalue weighted by Crippen LogP contribution is 2.13. The number of aromatic nitrogens is 6. The van der Waals surface area contributed by atoms with Crippen LogP contribution >= 0.6 is 0 Å². The molecule has 0 fully saturated rings. The molecule has 0 unspecified atom stereocenters. The van der Waals surface area contributed by atoms with Gasteiger partial charge >= 0.3 is 11.4 Å². The highest BCUT2D eigenvalue weighted by atomic mass is 16.2. The minimum atomic E-state index is -0.525. The maximum atomic E-state index is 12.2. The van der Waals surface area contributed by atoms with E-state index in [2.05, 4.69) is 15.2 Å². The first-order chi connectivity index (χ1) is 8.65. The van der Waals surface area contributed by atoms with Gasteiger partial charge in [-0.1, -0.05) is 6.92 Å². The van der Waals surface area contributed by atoms with Crippen LogP contribution in [0.4, 0.5) is 0 Å². The van der Waals surface area contributed by atoms with Gasteiger partial charge in [-0.25, -0.2) is 19.7 Å². The summed E-state index contributed by atoms with van der Waals surface area (Å²) in [6.07, 6.45) is 2.39. The molecule has 18 heavy (non-hydrogen) atoms. The molecule has 94 valence electrons. The van der Waals surface area contributed by atoms with Crippen LogP contribution in [0.5, 0.6) is 0 Å². The monoisotopic (exact) mass is 248 g/mol. The van der Waals surface area contributed by atoms with Crippen LogP contribution in [0.3, 0.4) is 0 Å². The number of rotatable bonds is 2.